The number of carbonyl (C=O) groups excluding carboxylic acids is 3. The molecule has 1 saturated heterocycles. The summed E-state index contributed by atoms with van der Waals surface area (Å²) in [5.41, 5.74) is 2.05. The summed E-state index contributed by atoms with van der Waals surface area (Å²) in [6.45, 7) is 0.304. The number of ketones is 1. The summed E-state index contributed by atoms with van der Waals surface area (Å²) >= 11 is 1.26. The van der Waals surface area contributed by atoms with E-state index in [0.29, 0.717) is 24.3 Å². The number of phenolic OH excluding ortho intramolecular Hbond substituents is 1. The Morgan fingerprint density at radius 1 is 1.17 bits per heavy atom. The van der Waals surface area contributed by atoms with Gasteiger partial charge >= 0.3 is 0 Å². The molecule has 2 N–H and O–H groups in total. The lowest BCUT2D eigenvalue weighted by Gasteiger charge is -2.33. The van der Waals surface area contributed by atoms with Gasteiger partial charge in [0.25, 0.3) is 5.91 Å². The van der Waals surface area contributed by atoms with E-state index in [1.807, 2.05) is 6.08 Å². The number of carbonyl (C=O) groups is 3. The molecular formula is C25H22N4O5S. The minimum atomic E-state index is -0.912. The van der Waals surface area contributed by atoms with Crippen LogP contribution >= 0.6 is 11.5 Å². The summed E-state index contributed by atoms with van der Waals surface area (Å²) in [5.74, 6) is -0.327. The third-order valence-corrected chi connectivity index (χ3v) is 6.75. The van der Waals surface area contributed by atoms with E-state index in [-0.39, 0.29) is 30.5 Å². The first-order valence-electron chi connectivity index (χ1n) is 11.1. The second kappa shape index (κ2) is 9.67. The summed E-state index contributed by atoms with van der Waals surface area (Å²) in [4.78, 5) is 41.6. The summed E-state index contributed by atoms with van der Waals surface area (Å²) in [7, 11) is 0. The van der Waals surface area contributed by atoms with Crippen molar-refractivity contribution in [2.24, 2.45) is 0 Å². The maximum absolute atomic E-state index is 13.6. The normalized spacial score (nSPS) is 17.8. The van der Waals surface area contributed by atoms with Gasteiger partial charge in [0.05, 0.1) is 11.1 Å². The van der Waals surface area contributed by atoms with Gasteiger partial charge in [0.15, 0.2) is 11.8 Å². The fourth-order valence-corrected chi connectivity index (χ4v) is 4.79. The maximum Gasteiger partial charge on any atom is 0.251 e. The van der Waals surface area contributed by atoms with Gasteiger partial charge in [-0.15, -0.1) is 5.10 Å². The van der Waals surface area contributed by atoms with Crippen molar-refractivity contribution in [1.82, 2.24) is 19.8 Å². The third-order valence-electron chi connectivity index (χ3n) is 6.04. The molecule has 9 nitrogen and oxygen atoms in total. The van der Waals surface area contributed by atoms with Crippen molar-refractivity contribution in [3.05, 3.63) is 77.7 Å². The van der Waals surface area contributed by atoms with Gasteiger partial charge < -0.3 is 20.1 Å². The van der Waals surface area contributed by atoms with Crippen molar-refractivity contribution in [1.29, 1.82) is 0 Å². The molecule has 2 aliphatic rings. The van der Waals surface area contributed by atoms with Crippen molar-refractivity contribution >= 4 is 29.1 Å². The zero-order valence-electron chi connectivity index (χ0n) is 18.6. The number of nitrogens with zero attached hydrogens (tertiary/aromatic N) is 3. The van der Waals surface area contributed by atoms with E-state index in [4.69, 9.17) is 4.74 Å². The lowest BCUT2D eigenvalue weighted by molar-refractivity contribution is -0.139. The molecule has 0 saturated carbocycles. The highest BCUT2D eigenvalue weighted by atomic mass is 32.1. The smallest absolute Gasteiger partial charge is 0.251 e. The molecule has 0 radical (unpaired) electrons. The molecule has 5 rings (SSSR count). The van der Waals surface area contributed by atoms with Crippen molar-refractivity contribution in [2.75, 3.05) is 13.2 Å². The maximum atomic E-state index is 13.6. The highest BCUT2D eigenvalue weighted by Crippen LogP contribution is 2.27. The SMILES string of the molecule is O=C(NC(Cc1ccc(O)cc1)C(=O)N1CCC=C2OCC(=O)C21)c1ccc(-c2cnns2)cc1. The van der Waals surface area contributed by atoms with Crippen molar-refractivity contribution in [3.8, 4) is 16.2 Å². The predicted octanol–water partition coefficient (Wildman–Crippen LogP) is 2.34. The summed E-state index contributed by atoms with van der Waals surface area (Å²) in [6.07, 6.45) is 4.26. The number of hydrogen-bond donors (Lipinski definition) is 2. The fraction of sp³-hybridized carbons (Fsp3) is 0.240. The number of Topliss-reactive ketones (excluding diaryl/α,β-unsaturated/α-hetero) is 1. The van der Waals surface area contributed by atoms with Crippen LogP contribution in [0.2, 0.25) is 0 Å². The molecule has 2 atom stereocenters. The van der Waals surface area contributed by atoms with Crippen LogP contribution in [0.15, 0.2) is 66.6 Å². The fourth-order valence-electron chi connectivity index (χ4n) is 4.27. The minimum absolute atomic E-state index is 0.0586. The van der Waals surface area contributed by atoms with E-state index in [2.05, 4.69) is 14.9 Å². The summed E-state index contributed by atoms with van der Waals surface area (Å²) in [5, 5.41) is 16.3. The number of nitrogens with one attached hydrogen (secondary N) is 1. The van der Waals surface area contributed by atoms with E-state index in [9.17, 15) is 19.5 Å². The van der Waals surface area contributed by atoms with Crippen LogP contribution in [0.4, 0.5) is 0 Å². The zero-order valence-corrected chi connectivity index (χ0v) is 19.4. The Labute approximate surface area is 205 Å². The molecular weight excluding hydrogens is 468 g/mol. The molecule has 178 valence electrons. The quantitative estimate of drug-likeness (QED) is 0.544. The van der Waals surface area contributed by atoms with Gasteiger partial charge in [0, 0.05) is 18.5 Å². The van der Waals surface area contributed by atoms with Crippen LogP contribution in [0.3, 0.4) is 0 Å². The summed E-state index contributed by atoms with van der Waals surface area (Å²) in [6, 6.07) is 11.8. The first-order chi connectivity index (χ1) is 17.0. The molecule has 35 heavy (non-hydrogen) atoms. The molecule has 0 aliphatic carbocycles. The Balaban J connectivity index is 1.38. The first-order valence-corrected chi connectivity index (χ1v) is 11.9. The molecule has 2 aromatic carbocycles. The molecule has 1 aromatic heterocycles. The molecule has 3 heterocycles. The molecule has 0 bridgehead atoms. The minimum Gasteiger partial charge on any atom is -0.508 e. The average molecular weight is 491 g/mol. The third kappa shape index (κ3) is 4.78. The highest BCUT2D eigenvalue weighted by molar-refractivity contribution is 7.09. The molecule has 3 aromatic rings. The number of rotatable bonds is 6. The van der Waals surface area contributed by atoms with Gasteiger partial charge in [0.2, 0.25) is 5.91 Å². The largest absolute Gasteiger partial charge is 0.508 e. The van der Waals surface area contributed by atoms with E-state index >= 15 is 0 Å². The Morgan fingerprint density at radius 2 is 1.94 bits per heavy atom. The zero-order chi connectivity index (χ0) is 24.4. The molecule has 2 unspecified atom stereocenters. The second-order valence-electron chi connectivity index (χ2n) is 8.34. The van der Waals surface area contributed by atoms with Crippen LogP contribution in [-0.4, -0.2) is 62.4 Å². The Morgan fingerprint density at radius 3 is 2.66 bits per heavy atom. The standard InChI is InChI=1S/C25H22N4O5S/c30-18-9-3-15(4-10-18)12-19(25(33)29-11-1-2-21-23(29)20(31)14-34-21)27-24(32)17-7-5-16(6-8-17)22-13-26-28-35-22/h2-10,13,19,23,30H,1,11-12,14H2,(H,27,32). The lowest BCUT2D eigenvalue weighted by atomic mass is 10.00. The number of fused-ring (bicyclic) bond motifs is 1. The van der Waals surface area contributed by atoms with Gasteiger partial charge in [-0.3, -0.25) is 14.4 Å². The van der Waals surface area contributed by atoms with Crippen molar-refractivity contribution < 1.29 is 24.2 Å². The van der Waals surface area contributed by atoms with Crippen LogP contribution in [0.25, 0.3) is 10.4 Å². The van der Waals surface area contributed by atoms with E-state index < -0.39 is 18.0 Å². The van der Waals surface area contributed by atoms with Gasteiger partial charge in [-0.1, -0.05) is 28.8 Å². The monoisotopic (exact) mass is 490 g/mol. The Hall–Kier alpha value is -4.05. The van der Waals surface area contributed by atoms with Crippen LogP contribution in [-0.2, 0) is 20.7 Å². The number of aromatic nitrogens is 2. The number of ether oxygens (including phenoxy) is 1. The van der Waals surface area contributed by atoms with Gasteiger partial charge in [0.1, 0.15) is 24.2 Å². The Bertz CT molecular complexity index is 1270. The molecule has 0 spiro atoms. The number of benzene rings is 2. The number of hydrogen-bond acceptors (Lipinski definition) is 8. The van der Waals surface area contributed by atoms with Gasteiger partial charge in [-0.2, -0.15) is 0 Å². The van der Waals surface area contributed by atoms with E-state index in [1.165, 1.54) is 28.6 Å². The molecule has 2 amide bonds. The Kier molecular flexibility index (Phi) is 6.28. The van der Waals surface area contributed by atoms with Gasteiger partial charge in [-0.05, 0) is 59.4 Å². The molecule has 1 fully saturated rings. The molecule has 10 heteroatoms. The van der Waals surface area contributed by atoms with Crippen LogP contribution < -0.4 is 5.32 Å². The molecule has 2 aliphatic heterocycles. The van der Waals surface area contributed by atoms with Crippen molar-refractivity contribution in [3.63, 3.8) is 0 Å². The highest BCUT2D eigenvalue weighted by Gasteiger charge is 2.42. The average Bonchev–Trinajstić information content (AvgIpc) is 3.55. The number of aromatic hydroxyl groups is 1. The second-order valence-corrected chi connectivity index (χ2v) is 9.13. The van der Waals surface area contributed by atoms with E-state index in [1.54, 1.807) is 42.6 Å². The van der Waals surface area contributed by atoms with Crippen molar-refractivity contribution in [2.45, 2.75) is 24.9 Å². The summed E-state index contributed by atoms with van der Waals surface area (Å²) < 4.78 is 9.30. The lowest BCUT2D eigenvalue weighted by Crippen LogP contribution is -2.55. The van der Waals surface area contributed by atoms with Crippen LogP contribution in [0, 0.1) is 0 Å². The first kappa shape index (κ1) is 22.7. The van der Waals surface area contributed by atoms with E-state index in [0.717, 1.165) is 16.0 Å². The number of phenols is 1. The number of amides is 2. The van der Waals surface area contributed by atoms with Crippen LogP contribution in [0.5, 0.6) is 5.75 Å². The predicted molar refractivity (Wildman–Crippen MR) is 128 cm³/mol. The van der Waals surface area contributed by atoms with Crippen LogP contribution in [0.1, 0.15) is 22.3 Å². The van der Waals surface area contributed by atoms with Gasteiger partial charge in [-0.25, -0.2) is 0 Å². The topological polar surface area (TPSA) is 122 Å².